The van der Waals surface area contributed by atoms with Gasteiger partial charge in [-0.25, -0.2) is 21.6 Å². The van der Waals surface area contributed by atoms with Crippen LogP contribution >= 0.6 is 0 Å². The van der Waals surface area contributed by atoms with Gasteiger partial charge in [0.15, 0.2) is 9.84 Å². The molecule has 1 rings (SSSR count). The summed E-state index contributed by atoms with van der Waals surface area (Å²) >= 11 is 0. The van der Waals surface area contributed by atoms with E-state index in [1.54, 1.807) is 32.9 Å². The second-order valence-corrected chi connectivity index (χ2v) is 9.06. The first-order chi connectivity index (χ1) is 8.69. The van der Waals surface area contributed by atoms with Gasteiger partial charge in [-0.15, -0.1) is 0 Å². The molecule has 0 atom stereocenters. The highest BCUT2D eigenvalue weighted by atomic mass is 32.2. The maximum absolute atomic E-state index is 11.9. The Labute approximate surface area is 115 Å². The third-order valence-corrected chi connectivity index (χ3v) is 6.26. The van der Waals surface area contributed by atoms with Crippen LogP contribution in [0.3, 0.4) is 0 Å². The van der Waals surface area contributed by atoms with Crippen molar-refractivity contribution in [2.75, 3.05) is 5.75 Å². The van der Waals surface area contributed by atoms with Crippen molar-refractivity contribution in [3.05, 3.63) is 29.8 Å². The van der Waals surface area contributed by atoms with E-state index in [0.717, 1.165) is 5.56 Å². The molecule has 0 saturated heterocycles. The van der Waals surface area contributed by atoms with E-state index < -0.39 is 25.1 Å². The van der Waals surface area contributed by atoms with Crippen molar-refractivity contribution in [3.8, 4) is 0 Å². The fraction of sp³-hybridized carbons (Fsp3) is 0.500. The molecule has 0 unspecified atom stereocenters. The quantitative estimate of drug-likeness (QED) is 0.859. The average Bonchev–Trinajstić information content (AvgIpc) is 2.37. The van der Waals surface area contributed by atoms with Gasteiger partial charge in [-0.05, 0) is 38.5 Å². The molecule has 5 nitrogen and oxygen atoms in total. The zero-order valence-electron chi connectivity index (χ0n) is 11.3. The molecule has 0 aliphatic heterocycles. The van der Waals surface area contributed by atoms with Gasteiger partial charge >= 0.3 is 0 Å². The molecule has 19 heavy (non-hydrogen) atoms. The maximum Gasteiger partial charge on any atom is 0.211 e. The molecule has 108 valence electrons. The predicted octanol–water partition coefficient (Wildman–Crippen LogP) is 1.31. The van der Waals surface area contributed by atoms with E-state index in [1.165, 1.54) is 12.1 Å². The Morgan fingerprint density at radius 1 is 1.05 bits per heavy atom. The van der Waals surface area contributed by atoms with Gasteiger partial charge in [0, 0.05) is 6.54 Å². The van der Waals surface area contributed by atoms with Crippen molar-refractivity contribution in [2.45, 2.75) is 37.5 Å². The number of hydrogen-bond acceptors (Lipinski definition) is 4. The molecule has 7 heteroatoms. The summed E-state index contributed by atoms with van der Waals surface area (Å²) in [5.74, 6) is 0.0206. The molecule has 0 heterocycles. The Morgan fingerprint density at radius 3 is 2.00 bits per heavy atom. The van der Waals surface area contributed by atoms with Gasteiger partial charge < -0.3 is 0 Å². The Bertz CT molecular complexity index is 616. The molecule has 0 bridgehead atoms. The summed E-state index contributed by atoms with van der Waals surface area (Å²) in [6.07, 6.45) is 0. The summed E-state index contributed by atoms with van der Waals surface area (Å²) in [4.78, 5) is 0.254. The van der Waals surface area contributed by atoms with Gasteiger partial charge in [0.25, 0.3) is 0 Å². The Hall–Kier alpha value is -0.920. The summed E-state index contributed by atoms with van der Waals surface area (Å²) in [5, 5.41) is -0.475. The molecule has 0 radical (unpaired) electrons. The Morgan fingerprint density at radius 2 is 1.58 bits per heavy atom. The predicted molar refractivity (Wildman–Crippen MR) is 75.1 cm³/mol. The standard InChI is InChI=1S/C12H19NO4S2/c1-4-18(14,15)13-9-11-5-7-12(8-6-11)19(16,17)10(2)3/h5-8,10,13H,4,9H2,1-3H3. The lowest BCUT2D eigenvalue weighted by Crippen LogP contribution is -2.24. The van der Waals surface area contributed by atoms with E-state index in [4.69, 9.17) is 0 Å². The van der Waals surface area contributed by atoms with Gasteiger partial charge in [0.05, 0.1) is 15.9 Å². The van der Waals surface area contributed by atoms with Crippen molar-refractivity contribution in [1.29, 1.82) is 0 Å². The van der Waals surface area contributed by atoms with E-state index in [-0.39, 0.29) is 17.2 Å². The van der Waals surface area contributed by atoms with Gasteiger partial charge in [-0.3, -0.25) is 0 Å². The van der Waals surface area contributed by atoms with Crippen LogP contribution in [-0.2, 0) is 26.4 Å². The second kappa shape index (κ2) is 6.02. The van der Waals surface area contributed by atoms with Crippen molar-refractivity contribution >= 4 is 19.9 Å². The van der Waals surface area contributed by atoms with Crippen molar-refractivity contribution in [1.82, 2.24) is 4.72 Å². The fourth-order valence-electron chi connectivity index (χ4n) is 1.36. The minimum absolute atomic E-state index is 0.0206. The van der Waals surface area contributed by atoms with E-state index in [0.29, 0.717) is 0 Å². The van der Waals surface area contributed by atoms with Crippen LogP contribution in [0.4, 0.5) is 0 Å². The van der Waals surface area contributed by atoms with Crippen LogP contribution in [0, 0.1) is 0 Å². The van der Waals surface area contributed by atoms with Gasteiger partial charge in [0.2, 0.25) is 10.0 Å². The number of rotatable bonds is 6. The summed E-state index contributed by atoms with van der Waals surface area (Å²) in [5.41, 5.74) is 0.722. The molecule has 1 aromatic carbocycles. The van der Waals surface area contributed by atoms with Crippen LogP contribution in [0.1, 0.15) is 26.3 Å². The lowest BCUT2D eigenvalue weighted by Gasteiger charge is -2.09. The molecule has 0 saturated carbocycles. The number of sulfonamides is 1. The van der Waals surface area contributed by atoms with Crippen LogP contribution < -0.4 is 4.72 Å². The molecule has 0 aromatic heterocycles. The molecule has 1 N–H and O–H groups in total. The topological polar surface area (TPSA) is 80.3 Å². The minimum Gasteiger partial charge on any atom is -0.223 e. The molecule has 0 spiro atoms. The fourth-order valence-corrected chi connectivity index (χ4v) is 3.01. The molecule has 0 aliphatic carbocycles. The molecule has 0 aliphatic rings. The SMILES string of the molecule is CCS(=O)(=O)NCc1ccc(S(=O)(=O)C(C)C)cc1. The normalized spacial score (nSPS) is 12.8. The number of benzene rings is 1. The van der Waals surface area contributed by atoms with Crippen molar-refractivity contribution in [3.63, 3.8) is 0 Å². The first-order valence-electron chi connectivity index (χ1n) is 5.99. The van der Waals surface area contributed by atoms with Gasteiger partial charge in [-0.1, -0.05) is 12.1 Å². The lowest BCUT2D eigenvalue weighted by molar-refractivity contribution is 0.581. The molecule has 0 fully saturated rings. The van der Waals surface area contributed by atoms with E-state index in [2.05, 4.69) is 4.72 Å². The highest BCUT2D eigenvalue weighted by Crippen LogP contribution is 2.16. The average molecular weight is 305 g/mol. The Balaban J connectivity index is 2.84. The molecule has 1 aromatic rings. The lowest BCUT2D eigenvalue weighted by atomic mass is 10.2. The zero-order valence-corrected chi connectivity index (χ0v) is 12.9. The summed E-state index contributed by atoms with van der Waals surface area (Å²) in [6, 6.07) is 6.25. The first kappa shape index (κ1) is 16.1. The van der Waals surface area contributed by atoms with Crippen molar-refractivity contribution < 1.29 is 16.8 Å². The highest BCUT2D eigenvalue weighted by molar-refractivity contribution is 7.92. The maximum atomic E-state index is 11.9. The van der Waals surface area contributed by atoms with E-state index >= 15 is 0 Å². The first-order valence-corrected chi connectivity index (χ1v) is 9.19. The van der Waals surface area contributed by atoms with Gasteiger partial charge in [-0.2, -0.15) is 0 Å². The second-order valence-electron chi connectivity index (χ2n) is 4.46. The summed E-state index contributed by atoms with van der Waals surface area (Å²) < 4.78 is 48.8. The number of nitrogens with one attached hydrogen (secondary N) is 1. The van der Waals surface area contributed by atoms with Crippen molar-refractivity contribution in [2.24, 2.45) is 0 Å². The molecular weight excluding hydrogens is 286 g/mol. The van der Waals surface area contributed by atoms with Crippen LogP contribution in [0.2, 0.25) is 0 Å². The highest BCUT2D eigenvalue weighted by Gasteiger charge is 2.18. The molecule has 0 amide bonds. The zero-order chi connectivity index (χ0) is 14.7. The number of sulfone groups is 1. The third kappa shape index (κ3) is 4.29. The number of hydrogen-bond donors (Lipinski definition) is 1. The minimum atomic E-state index is -3.28. The monoisotopic (exact) mass is 305 g/mol. The van der Waals surface area contributed by atoms with Crippen LogP contribution in [0.5, 0.6) is 0 Å². The smallest absolute Gasteiger partial charge is 0.211 e. The largest absolute Gasteiger partial charge is 0.223 e. The van der Waals surface area contributed by atoms with Crippen LogP contribution in [0.25, 0.3) is 0 Å². The molecular formula is C12H19NO4S2. The van der Waals surface area contributed by atoms with Crippen LogP contribution in [-0.4, -0.2) is 27.8 Å². The van der Waals surface area contributed by atoms with E-state index in [9.17, 15) is 16.8 Å². The van der Waals surface area contributed by atoms with Crippen LogP contribution in [0.15, 0.2) is 29.2 Å². The Kier molecular flexibility index (Phi) is 5.11. The summed E-state index contributed by atoms with van der Waals surface area (Å²) in [7, 11) is -6.52. The third-order valence-electron chi connectivity index (χ3n) is 2.75. The van der Waals surface area contributed by atoms with E-state index in [1.807, 2.05) is 0 Å². The summed E-state index contributed by atoms with van der Waals surface area (Å²) in [6.45, 7) is 4.97. The van der Waals surface area contributed by atoms with Gasteiger partial charge in [0.1, 0.15) is 0 Å².